The third-order valence-electron chi connectivity index (χ3n) is 10.4. The summed E-state index contributed by atoms with van der Waals surface area (Å²) in [6.07, 6.45) is 0. The number of fused-ring (bicyclic) bond motifs is 6. The van der Waals surface area contributed by atoms with Crippen LogP contribution in [0.2, 0.25) is 0 Å². The summed E-state index contributed by atoms with van der Waals surface area (Å²) in [4.78, 5) is 13.4. The summed E-state index contributed by atoms with van der Waals surface area (Å²) >= 11 is 1.77. The SMILES string of the molecule is c1ccc(-c2ccc3c4c(cccc24)-c2cccc(-c4nc(-c5ccc6ccccc6c5)c5sc6ccccc6c5n4)c2N3c2ccccc2)cc1. The van der Waals surface area contributed by atoms with E-state index in [1.54, 1.807) is 11.3 Å². The second-order valence-electron chi connectivity index (χ2n) is 13.3. The molecule has 52 heavy (non-hydrogen) atoms. The van der Waals surface area contributed by atoms with Crippen molar-refractivity contribution in [3.8, 4) is 44.9 Å². The first-order chi connectivity index (χ1) is 25.8. The lowest BCUT2D eigenvalue weighted by atomic mass is 9.86. The van der Waals surface area contributed by atoms with Gasteiger partial charge < -0.3 is 4.90 Å². The van der Waals surface area contributed by atoms with Gasteiger partial charge in [-0.05, 0) is 69.2 Å². The molecule has 0 N–H and O–H groups in total. The van der Waals surface area contributed by atoms with Crippen LogP contribution < -0.4 is 4.90 Å². The summed E-state index contributed by atoms with van der Waals surface area (Å²) in [6, 6.07) is 63.1. The molecular weight excluding hydrogens is 651 g/mol. The molecule has 0 fully saturated rings. The molecular formula is C48H29N3S. The van der Waals surface area contributed by atoms with Crippen molar-refractivity contribution in [3.63, 3.8) is 0 Å². The van der Waals surface area contributed by atoms with E-state index in [-0.39, 0.29) is 0 Å². The molecule has 4 heteroatoms. The second-order valence-corrected chi connectivity index (χ2v) is 14.4. The Kier molecular flexibility index (Phi) is 6.42. The number of anilines is 3. The minimum Gasteiger partial charge on any atom is -0.308 e. The number of aromatic nitrogens is 2. The van der Waals surface area contributed by atoms with Crippen LogP contribution in [0.1, 0.15) is 0 Å². The fourth-order valence-electron chi connectivity index (χ4n) is 8.06. The molecule has 0 radical (unpaired) electrons. The average Bonchev–Trinajstić information content (AvgIpc) is 3.60. The molecule has 8 aromatic carbocycles. The van der Waals surface area contributed by atoms with Gasteiger partial charge in [0.05, 0.1) is 27.3 Å². The van der Waals surface area contributed by atoms with Crippen molar-refractivity contribution >= 4 is 70.2 Å². The molecule has 0 aliphatic carbocycles. The van der Waals surface area contributed by atoms with Crippen LogP contribution in [-0.2, 0) is 0 Å². The van der Waals surface area contributed by atoms with Gasteiger partial charge >= 0.3 is 0 Å². The molecule has 10 aromatic rings. The van der Waals surface area contributed by atoms with E-state index < -0.39 is 0 Å². The van der Waals surface area contributed by atoms with Gasteiger partial charge in [-0.1, -0.05) is 140 Å². The van der Waals surface area contributed by atoms with E-state index in [0.717, 1.165) is 55.0 Å². The molecule has 0 saturated heterocycles. The van der Waals surface area contributed by atoms with E-state index in [0.29, 0.717) is 5.82 Å². The second kappa shape index (κ2) is 11.5. The van der Waals surface area contributed by atoms with Gasteiger partial charge in [-0.15, -0.1) is 11.3 Å². The lowest BCUT2D eigenvalue weighted by Gasteiger charge is -2.35. The van der Waals surface area contributed by atoms with E-state index in [2.05, 4.69) is 181 Å². The maximum absolute atomic E-state index is 5.51. The van der Waals surface area contributed by atoms with E-state index in [9.17, 15) is 0 Å². The molecule has 3 heterocycles. The first-order valence-corrected chi connectivity index (χ1v) is 18.4. The maximum Gasteiger partial charge on any atom is 0.162 e. The van der Waals surface area contributed by atoms with Crippen LogP contribution in [-0.4, -0.2) is 9.97 Å². The zero-order valence-electron chi connectivity index (χ0n) is 28.0. The molecule has 0 spiro atoms. The Hall–Kier alpha value is -6.62. The van der Waals surface area contributed by atoms with Crippen LogP contribution in [0.15, 0.2) is 176 Å². The van der Waals surface area contributed by atoms with E-state index >= 15 is 0 Å². The van der Waals surface area contributed by atoms with Crippen molar-refractivity contribution < 1.29 is 0 Å². The van der Waals surface area contributed by atoms with Crippen molar-refractivity contribution in [1.82, 2.24) is 9.97 Å². The van der Waals surface area contributed by atoms with Gasteiger partial charge in [0.2, 0.25) is 0 Å². The fraction of sp³-hybridized carbons (Fsp3) is 0. The molecule has 3 nitrogen and oxygen atoms in total. The van der Waals surface area contributed by atoms with Crippen molar-refractivity contribution in [2.24, 2.45) is 0 Å². The number of hydrogen-bond donors (Lipinski definition) is 0. The van der Waals surface area contributed by atoms with Gasteiger partial charge in [0.25, 0.3) is 0 Å². The molecule has 1 aliphatic heterocycles. The first kappa shape index (κ1) is 29.1. The Labute approximate surface area is 304 Å². The Bertz CT molecular complexity index is 3020. The number of hydrogen-bond acceptors (Lipinski definition) is 4. The number of nitrogens with zero attached hydrogens (tertiary/aromatic N) is 3. The predicted octanol–water partition coefficient (Wildman–Crippen LogP) is 13.6. The van der Waals surface area contributed by atoms with Crippen LogP contribution in [0.5, 0.6) is 0 Å². The third kappa shape index (κ3) is 4.38. The monoisotopic (exact) mass is 679 g/mol. The van der Waals surface area contributed by atoms with Gasteiger partial charge in [0, 0.05) is 37.9 Å². The fourth-order valence-corrected chi connectivity index (χ4v) is 9.21. The summed E-state index contributed by atoms with van der Waals surface area (Å²) in [5.74, 6) is 0.716. The van der Waals surface area contributed by atoms with E-state index in [1.165, 1.54) is 42.9 Å². The molecule has 0 saturated carbocycles. The summed E-state index contributed by atoms with van der Waals surface area (Å²) in [7, 11) is 0. The third-order valence-corrected chi connectivity index (χ3v) is 11.6. The van der Waals surface area contributed by atoms with Crippen LogP contribution in [0.4, 0.5) is 17.1 Å². The molecule has 0 amide bonds. The highest BCUT2D eigenvalue weighted by atomic mass is 32.1. The van der Waals surface area contributed by atoms with Gasteiger partial charge in [-0.25, -0.2) is 9.97 Å². The Morgan fingerprint density at radius 2 is 1.17 bits per heavy atom. The van der Waals surface area contributed by atoms with Crippen molar-refractivity contribution in [3.05, 3.63) is 176 Å². The highest BCUT2D eigenvalue weighted by Gasteiger charge is 2.30. The highest BCUT2D eigenvalue weighted by molar-refractivity contribution is 7.26. The molecule has 0 unspecified atom stereocenters. The van der Waals surface area contributed by atoms with Crippen LogP contribution >= 0.6 is 11.3 Å². The molecule has 0 atom stereocenters. The minimum absolute atomic E-state index is 0.716. The van der Waals surface area contributed by atoms with E-state index in [1.807, 2.05) is 0 Å². The quantitative estimate of drug-likeness (QED) is 0.185. The molecule has 2 aromatic heterocycles. The van der Waals surface area contributed by atoms with Crippen molar-refractivity contribution in [2.75, 3.05) is 4.90 Å². The summed E-state index contributed by atoms with van der Waals surface area (Å²) in [5, 5.41) is 6.04. The smallest absolute Gasteiger partial charge is 0.162 e. The zero-order valence-corrected chi connectivity index (χ0v) is 28.8. The first-order valence-electron chi connectivity index (χ1n) is 17.6. The Morgan fingerprint density at radius 1 is 0.462 bits per heavy atom. The lowest BCUT2D eigenvalue weighted by Crippen LogP contribution is -2.16. The van der Waals surface area contributed by atoms with Gasteiger partial charge in [-0.3, -0.25) is 0 Å². The Balaban J connectivity index is 1.22. The van der Waals surface area contributed by atoms with Gasteiger partial charge in [0.15, 0.2) is 5.82 Å². The number of para-hydroxylation sites is 2. The molecule has 11 rings (SSSR count). The summed E-state index contributed by atoms with van der Waals surface area (Å²) in [5.41, 5.74) is 12.2. The van der Waals surface area contributed by atoms with Crippen molar-refractivity contribution in [2.45, 2.75) is 0 Å². The van der Waals surface area contributed by atoms with Crippen molar-refractivity contribution in [1.29, 1.82) is 0 Å². The standard InChI is InChI=1S/C48H29N3S/c1-3-14-31(15-4-1)35-27-28-41-43-36(35)20-11-21-37(43)38-22-12-23-40(46(38)51(41)34-17-5-2-6-18-34)48-49-44(33-26-25-30-13-7-8-16-32(30)29-33)47-45(50-48)39-19-9-10-24-42(39)52-47/h1-29H. The number of rotatable bonds is 4. The van der Waals surface area contributed by atoms with Crippen LogP contribution in [0, 0.1) is 0 Å². The molecule has 0 bridgehead atoms. The Morgan fingerprint density at radius 3 is 2.06 bits per heavy atom. The summed E-state index contributed by atoms with van der Waals surface area (Å²) < 4.78 is 2.32. The molecule has 1 aliphatic rings. The van der Waals surface area contributed by atoms with E-state index in [4.69, 9.17) is 9.97 Å². The predicted molar refractivity (Wildman–Crippen MR) is 220 cm³/mol. The largest absolute Gasteiger partial charge is 0.308 e. The highest BCUT2D eigenvalue weighted by Crippen LogP contribution is 2.55. The zero-order chi connectivity index (χ0) is 34.2. The summed E-state index contributed by atoms with van der Waals surface area (Å²) in [6.45, 7) is 0. The average molecular weight is 680 g/mol. The maximum atomic E-state index is 5.51. The van der Waals surface area contributed by atoms with Gasteiger partial charge in [0.1, 0.15) is 0 Å². The molecule has 242 valence electrons. The van der Waals surface area contributed by atoms with Crippen LogP contribution in [0.3, 0.4) is 0 Å². The lowest BCUT2D eigenvalue weighted by molar-refractivity contribution is 1.22. The topological polar surface area (TPSA) is 29.0 Å². The number of thiophene rings is 1. The van der Waals surface area contributed by atoms with Crippen LogP contribution in [0.25, 0.3) is 86.7 Å². The van der Waals surface area contributed by atoms with Gasteiger partial charge in [-0.2, -0.15) is 0 Å². The minimum atomic E-state index is 0.716. The normalized spacial score (nSPS) is 12.2. The number of benzene rings is 8.